The fourth-order valence-electron chi connectivity index (χ4n) is 1.98. The number of aliphatic carboxylic acids is 1. The molecule has 0 saturated heterocycles. The van der Waals surface area contributed by atoms with Gasteiger partial charge in [0, 0.05) is 19.5 Å². The SMILES string of the molecule is CCCN(Cc1ccccc1)C(=O)C(N)CCC(=O)O. The third-order valence-electron chi connectivity index (χ3n) is 3.01. The van der Waals surface area contributed by atoms with Crippen molar-refractivity contribution in [2.45, 2.75) is 38.8 Å². The van der Waals surface area contributed by atoms with Gasteiger partial charge in [-0.1, -0.05) is 37.3 Å². The van der Waals surface area contributed by atoms with Crippen molar-refractivity contribution in [2.75, 3.05) is 6.54 Å². The van der Waals surface area contributed by atoms with Crippen LogP contribution in [0.25, 0.3) is 0 Å². The monoisotopic (exact) mass is 278 g/mol. The van der Waals surface area contributed by atoms with E-state index in [4.69, 9.17) is 10.8 Å². The maximum absolute atomic E-state index is 12.3. The van der Waals surface area contributed by atoms with E-state index >= 15 is 0 Å². The molecule has 20 heavy (non-hydrogen) atoms. The Balaban J connectivity index is 2.64. The first-order valence-corrected chi connectivity index (χ1v) is 6.84. The Kier molecular flexibility index (Phi) is 6.73. The van der Waals surface area contributed by atoms with Crippen molar-refractivity contribution in [1.29, 1.82) is 0 Å². The van der Waals surface area contributed by atoms with Crippen molar-refractivity contribution in [3.63, 3.8) is 0 Å². The second-order valence-electron chi connectivity index (χ2n) is 4.78. The maximum Gasteiger partial charge on any atom is 0.303 e. The third kappa shape index (κ3) is 5.40. The highest BCUT2D eigenvalue weighted by Gasteiger charge is 2.21. The molecule has 110 valence electrons. The first kappa shape index (κ1) is 16.2. The van der Waals surface area contributed by atoms with Gasteiger partial charge >= 0.3 is 5.97 Å². The molecule has 1 amide bonds. The van der Waals surface area contributed by atoms with Crippen LogP contribution in [0.5, 0.6) is 0 Å². The van der Waals surface area contributed by atoms with Crippen LogP contribution in [0.4, 0.5) is 0 Å². The van der Waals surface area contributed by atoms with E-state index < -0.39 is 12.0 Å². The lowest BCUT2D eigenvalue weighted by Gasteiger charge is -2.25. The molecule has 1 aromatic carbocycles. The summed E-state index contributed by atoms with van der Waals surface area (Å²) in [5, 5.41) is 8.64. The van der Waals surface area contributed by atoms with Gasteiger partial charge in [0.2, 0.25) is 5.91 Å². The molecule has 0 spiro atoms. The molecule has 0 aromatic heterocycles. The molecule has 5 heteroatoms. The highest BCUT2D eigenvalue weighted by molar-refractivity contribution is 5.82. The average molecular weight is 278 g/mol. The zero-order valence-electron chi connectivity index (χ0n) is 11.8. The Hall–Kier alpha value is -1.88. The molecule has 0 aliphatic carbocycles. The number of hydrogen-bond acceptors (Lipinski definition) is 3. The number of nitrogens with two attached hydrogens (primary N) is 1. The molecule has 1 aromatic rings. The fourth-order valence-corrected chi connectivity index (χ4v) is 1.98. The summed E-state index contributed by atoms with van der Waals surface area (Å²) in [7, 11) is 0. The summed E-state index contributed by atoms with van der Waals surface area (Å²) in [4.78, 5) is 24.5. The molecule has 1 rings (SSSR count). The smallest absolute Gasteiger partial charge is 0.303 e. The van der Waals surface area contributed by atoms with Crippen LogP contribution in [0, 0.1) is 0 Å². The second-order valence-corrected chi connectivity index (χ2v) is 4.78. The van der Waals surface area contributed by atoms with Crippen molar-refractivity contribution >= 4 is 11.9 Å². The topological polar surface area (TPSA) is 83.6 Å². The van der Waals surface area contributed by atoms with Crippen molar-refractivity contribution < 1.29 is 14.7 Å². The third-order valence-corrected chi connectivity index (χ3v) is 3.01. The molecule has 0 bridgehead atoms. The van der Waals surface area contributed by atoms with E-state index in [1.807, 2.05) is 37.3 Å². The Labute approximate surface area is 119 Å². The van der Waals surface area contributed by atoms with Gasteiger partial charge in [-0.3, -0.25) is 9.59 Å². The molecule has 0 heterocycles. The summed E-state index contributed by atoms with van der Waals surface area (Å²) >= 11 is 0. The molecule has 0 saturated carbocycles. The zero-order chi connectivity index (χ0) is 15.0. The number of amides is 1. The van der Waals surface area contributed by atoms with Crippen molar-refractivity contribution in [3.8, 4) is 0 Å². The highest BCUT2D eigenvalue weighted by atomic mass is 16.4. The molecular formula is C15H22N2O3. The van der Waals surface area contributed by atoms with Gasteiger partial charge in [-0.05, 0) is 18.4 Å². The molecule has 1 atom stereocenters. The fraction of sp³-hybridized carbons (Fsp3) is 0.467. The number of rotatable bonds is 8. The van der Waals surface area contributed by atoms with Gasteiger partial charge < -0.3 is 15.7 Å². The van der Waals surface area contributed by atoms with Crippen LogP contribution in [-0.2, 0) is 16.1 Å². The standard InChI is InChI=1S/C15H22N2O3/c1-2-10-17(11-12-6-4-3-5-7-12)15(20)13(16)8-9-14(18)19/h3-7,13H,2,8-11,16H2,1H3,(H,18,19). The predicted molar refractivity (Wildman–Crippen MR) is 77.0 cm³/mol. The molecule has 0 fully saturated rings. The quantitative estimate of drug-likeness (QED) is 0.757. The number of carbonyl (C=O) groups is 2. The van der Waals surface area contributed by atoms with Gasteiger partial charge in [-0.15, -0.1) is 0 Å². The minimum atomic E-state index is -0.932. The van der Waals surface area contributed by atoms with Gasteiger partial charge in [0.25, 0.3) is 0 Å². The van der Waals surface area contributed by atoms with Crippen molar-refractivity contribution in [2.24, 2.45) is 5.73 Å². The summed E-state index contributed by atoms with van der Waals surface area (Å²) in [6.07, 6.45) is 0.922. The number of hydrogen-bond donors (Lipinski definition) is 2. The van der Waals surface area contributed by atoms with E-state index in [1.54, 1.807) is 4.90 Å². The van der Waals surface area contributed by atoms with Gasteiger partial charge in [-0.25, -0.2) is 0 Å². The number of benzene rings is 1. The summed E-state index contributed by atoms with van der Waals surface area (Å²) in [5.41, 5.74) is 6.84. The molecule has 0 aliphatic rings. The van der Waals surface area contributed by atoms with E-state index in [0.29, 0.717) is 13.1 Å². The molecule has 3 N–H and O–H groups in total. The molecule has 5 nitrogen and oxygen atoms in total. The number of nitrogens with zero attached hydrogens (tertiary/aromatic N) is 1. The Morgan fingerprint density at radius 3 is 2.50 bits per heavy atom. The zero-order valence-corrected chi connectivity index (χ0v) is 11.8. The van der Waals surface area contributed by atoms with Crippen LogP contribution in [0.1, 0.15) is 31.7 Å². The highest BCUT2D eigenvalue weighted by Crippen LogP contribution is 2.08. The Bertz CT molecular complexity index is 434. The van der Waals surface area contributed by atoms with E-state index in [0.717, 1.165) is 12.0 Å². The lowest BCUT2D eigenvalue weighted by Crippen LogP contribution is -2.44. The van der Waals surface area contributed by atoms with Crippen molar-refractivity contribution in [3.05, 3.63) is 35.9 Å². The van der Waals surface area contributed by atoms with E-state index in [1.165, 1.54) is 0 Å². The lowest BCUT2D eigenvalue weighted by molar-refractivity contribution is -0.137. The van der Waals surface area contributed by atoms with Crippen LogP contribution in [0.3, 0.4) is 0 Å². The van der Waals surface area contributed by atoms with Crippen LogP contribution >= 0.6 is 0 Å². The lowest BCUT2D eigenvalue weighted by atomic mass is 10.1. The van der Waals surface area contributed by atoms with Crippen LogP contribution in [0.2, 0.25) is 0 Å². The van der Waals surface area contributed by atoms with Crippen LogP contribution < -0.4 is 5.73 Å². The summed E-state index contributed by atoms with van der Waals surface area (Å²) < 4.78 is 0. The Morgan fingerprint density at radius 2 is 1.95 bits per heavy atom. The van der Waals surface area contributed by atoms with Crippen LogP contribution in [-0.4, -0.2) is 34.5 Å². The molecule has 0 radical (unpaired) electrons. The first-order valence-electron chi connectivity index (χ1n) is 6.84. The second kappa shape index (κ2) is 8.32. The van der Waals surface area contributed by atoms with Gasteiger partial charge in [0.1, 0.15) is 0 Å². The summed E-state index contributed by atoms with van der Waals surface area (Å²) in [5.74, 6) is -1.12. The number of carboxylic acids is 1. The molecule has 1 unspecified atom stereocenters. The van der Waals surface area contributed by atoms with Crippen LogP contribution in [0.15, 0.2) is 30.3 Å². The van der Waals surface area contributed by atoms with Gasteiger partial charge in [0.15, 0.2) is 0 Å². The Morgan fingerprint density at radius 1 is 1.30 bits per heavy atom. The van der Waals surface area contributed by atoms with Gasteiger partial charge in [0.05, 0.1) is 6.04 Å². The predicted octanol–water partition coefficient (Wildman–Crippen LogP) is 1.62. The normalized spacial score (nSPS) is 11.9. The minimum absolute atomic E-state index is 0.0851. The summed E-state index contributed by atoms with van der Waals surface area (Å²) in [6.45, 7) is 3.12. The van der Waals surface area contributed by atoms with E-state index in [2.05, 4.69) is 0 Å². The van der Waals surface area contributed by atoms with Gasteiger partial charge in [-0.2, -0.15) is 0 Å². The number of carbonyl (C=O) groups excluding carboxylic acids is 1. The maximum atomic E-state index is 12.3. The summed E-state index contributed by atoms with van der Waals surface area (Å²) in [6, 6.07) is 8.94. The van der Waals surface area contributed by atoms with E-state index in [-0.39, 0.29) is 18.7 Å². The minimum Gasteiger partial charge on any atom is -0.481 e. The largest absolute Gasteiger partial charge is 0.481 e. The molecule has 0 aliphatic heterocycles. The average Bonchev–Trinajstić information content (AvgIpc) is 2.44. The van der Waals surface area contributed by atoms with Crippen molar-refractivity contribution in [1.82, 2.24) is 4.90 Å². The van der Waals surface area contributed by atoms with E-state index in [9.17, 15) is 9.59 Å². The first-order chi connectivity index (χ1) is 9.54. The molecular weight excluding hydrogens is 256 g/mol. The number of carboxylic acid groups (broad SMARTS) is 1.